The van der Waals surface area contributed by atoms with Crippen LogP contribution in [0.25, 0.3) is 0 Å². The van der Waals surface area contributed by atoms with Crippen molar-refractivity contribution in [2.24, 2.45) is 5.73 Å². The van der Waals surface area contributed by atoms with E-state index in [2.05, 4.69) is 10.2 Å². The summed E-state index contributed by atoms with van der Waals surface area (Å²) in [7, 11) is 0. The Labute approximate surface area is 161 Å². The number of amides is 2. The number of carbonyl (C=O) groups is 2. The molecule has 4 rings (SSSR count). The molecule has 1 atom stereocenters. The molecule has 2 aliphatic rings. The van der Waals surface area contributed by atoms with E-state index in [4.69, 9.17) is 5.73 Å². The molecule has 7 heteroatoms. The third-order valence-electron chi connectivity index (χ3n) is 5.60. The highest BCUT2D eigenvalue weighted by molar-refractivity contribution is 6.03. The zero-order valence-electron chi connectivity index (χ0n) is 15.5. The number of anilines is 2. The molecule has 2 aromatic carbocycles. The number of nitrogens with zero attached hydrogens (tertiary/aromatic N) is 1. The van der Waals surface area contributed by atoms with Crippen molar-refractivity contribution in [3.63, 3.8) is 0 Å². The Bertz CT molecular complexity index is 984. The normalized spacial score (nSPS) is 18.8. The third kappa shape index (κ3) is 3.00. The molecule has 1 fully saturated rings. The first kappa shape index (κ1) is 18.4. The molecule has 146 valence electrons. The van der Waals surface area contributed by atoms with Crippen LogP contribution in [0.15, 0.2) is 24.3 Å². The van der Waals surface area contributed by atoms with Gasteiger partial charge in [-0.25, -0.2) is 8.78 Å². The molecule has 0 aromatic heterocycles. The van der Waals surface area contributed by atoms with Gasteiger partial charge in [-0.3, -0.25) is 9.59 Å². The van der Waals surface area contributed by atoms with Crippen molar-refractivity contribution in [2.45, 2.75) is 32.1 Å². The lowest BCUT2D eigenvalue weighted by atomic mass is 9.83. The zero-order valence-corrected chi connectivity index (χ0v) is 15.5. The SMILES string of the molecule is Cc1ccc(C2CC(=O)Nc3cc(N4CCCC4)c(C(N)=O)cc32)c(F)c1F. The largest absolute Gasteiger partial charge is 0.371 e. The molecule has 2 amide bonds. The van der Waals surface area contributed by atoms with Crippen LogP contribution in [-0.4, -0.2) is 24.9 Å². The number of hydrogen-bond donors (Lipinski definition) is 2. The topological polar surface area (TPSA) is 75.4 Å². The van der Waals surface area contributed by atoms with E-state index in [0.717, 1.165) is 25.9 Å². The van der Waals surface area contributed by atoms with Gasteiger partial charge in [-0.05, 0) is 48.6 Å². The van der Waals surface area contributed by atoms with Crippen molar-refractivity contribution < 1.29 is 18.4 Å². The van der Waals surface area contributed by atoms with Gasteiger partial charge >= 0.3 is 0 Å². The Morgan fingerprint density at radius 3 is 2.54 bits per heavy atom. The lowest BCUT2D eigenvalue weighted by Crippen LogP contribution is -2.28. The van der Waals surface area contributed by atoms with Crippen LogP contribution in [0.1, 0.15) is 52.2 Å². The maximum absolute atomic E-state index is 14.6. The number of primary amides is 1. The fourth-order valence-electron chi connectivity index (χ4n) is 4.12. The number of carbonyl (C=O) groups excluding carboxylic acids is 2. The second-order valence-electron chi connectivity index (χ2n) is 7.42. The molecule has 28 heavy (non-hydrogen) atoms. The lowest BCUT2D eigenvalue weighted by molar-refractivity contribution is -0.116. The van der Waals surface area contributed by atoms with E-state index in [9.17, 15) is 18.4 Å². The maximum atomic E-state index is 14.6. The lowest BCUT2D eigenvalue weighted by Gasteiger charge is -2.30. The fourth-order valence-corrected chi connectivity index (χ4v) is 4.12. The molecule has 1 unspecified atom stereocenters. The molecule has 2 aromatic rings. The predicted octanol–water partition coefficient (Wildman–Crippen LogP) is 3.45. The monoisotopic (exact) mass is 385 g/mol. The van der Waals surface area contributed by atoms with E-state index in [0.29, 0.717) is 22.5 Å². The number of rotatable bonds is 3. The highest BCUT2D eigenvalue weighted by Gasteiger charge is 2.32. The third-order valence-corrected chi connectivity index (χ3v) is 5.60. The standard InChI is InChI=1S/C21H21F2N3O2/c1-11-4-5-12(20(23)19(11)22)13-9-18(27)25-16-10-17(26-6-2-3-7-26)15(21(24)28)8-14(13)16/h4-5,8,10,13H,2-3,6-7,9H2,1H3,(H2,24,28)(H,25,27). The van der Waals surface area contributed by atoms with Crippen molar-refractivity contribution in [3.05, 3.63) is 58.2 Å². The summed E-state index contributed by atoms with van der Waals surface area (Å²) in [5.74, 6) is -3.44. The number of halogens is 2. The molecule has 1 saturated heterocycles. The van der Waals surface area contributed by atoms with Crippen LogP contribution in [0, 0.1) is 18.6 Å². The van der Waals surface area contributed by atoms with Gasteiger partial charge < -0.3 is 16.0 Å². The first-order chi connectivity index (χ1) is 13.4. The number of nitrogens with two attached hydrogens (primary N) is 1. The molecule has 2 aliphatic heterocycles. The number of nitrogens with one attached hydrogen (secondary N) is 1. The van der Waals surface area contributed by atoms with Crippen LogP contribution in [-0.2, 0) is 4.79 Å². The van der Waals surface area contributed by atoms with Gasteiger partial charge in [0.05, 0.1) is 11.3 Å². The molecule has 0 radical (unpaired) electrons. The van der Waals surface area contributed by atoms with Gasteiger partial charge in [-0.2, -0.15) is 0 Å². The van der Waals surface area contributed by atoms with Gasteiger partial charge in [0.1, 0.15) is 0 Å². The Morgan fingerprint density at radius 2 is 1.86 bits per heavy atom. The fraction of sp³-hybridized carbons (Fsp3) is 0.333. The first-order valence-corrected chi connectivity index (χ1v) is 9.34. The maximum Gasteiger partial charge on any atom is 0.250 e. The molecule has 2 heterocycles. The van der Waals surface area contributed by atoms with Crippen LogP contribution < -0.4 is 16.0 Å². The second-order valence-corrected chi connectivity index (χ2v) is 7.42. The molecule has 0 saturated carbocycles. The van der Waals surface area contributed by atoms with Crippen molar-refractivity contribution in [3.8, 4) is 0 Å². The van der Waals surface area contributed by atoms with Crippen LogP contribution in [0.2, 0.25) is 0 Å². The summed E-state index contributed by atoms with van der Waals surface area (Å²) in [6.07, 6.45) is 1.99. The van der Waals surface area contributed by atoms with Crippen LogP contribution in [0.5, 0.6) is 0 Å². The molecule has 5 nitrogen and oxygen atoms in total. The van der Waals surface area contributed by atoms with Gasteiger partial charge in [0, 0.05) is 31.1 Å². The van der Waals surface area contributed by atoms with E-state index in [1.54, 1.807) is 12.1 Å². The van der Waals surface area contributed by atoms with Crippen molar-refractivity contribution >= 4 is 23.2 Å². The minimum atomic E-state index is -0.963. The summed E-state index contributed by atoms with van der Waals surface area (Å²) in [6, 6.07) is 6.34. The highest BCUT2D eigenvalue weighted by Crippen LogP contribution is 2.42. The Kier molecular flexibility index (Phi) is 4.53. The average molecular weight is 385 g/mol. The van der Waals surface area contributed by atoms with Crippen molar-refractivity contribution in [2.75, 3.05) is 23.3 Å². The first-order valence-electron chi connectivity index (χ1n) is 9.34. The molecule has 0 spiro atoms. The molecule has 3 N–H and O–H groups in total. The van der Waals surface area contributed by atoms with Crippen LogP contribution in [0.3, 0.4) is 0 Å². The number of hydrogen-bond acceptors (Lipinski definition) is 3. The van der Waals surface area contributed by atoms with Crippen molar-refractivity contribution in [1.29, 1.82) is 0 Å². The van der Waals surface area contributed by atoms with Crippen LogP contribution in [0.4, 0.5) is 20.2 Å². The van der Waals surface area contributed by atoms with Gasteiger partial charge in [0.15, 0.2) is 11.6 Å². The zero-order chi connectivity index (χ0) is 20.0. The number of fused-ring (bicyclic) bond motifs is 1. The summed E-state index contributed by atoms with van der Waals surface area (Å²) in [6.45, 7) is 3.08. The summed E-state index contributed by atoms with van der Waals surface area (Å²) in [5, 5.41) is 2.80. The number of aryl methyl sites for hydroxylation is 1. The molecule has 0 aliphatic carbocycles. The smallest absolute Gasteiger partial charge is 0.250 e. The van der Waals surface area contributed by atoms with Gasteiger partial charge in [0.2, 0.25) is 5.91 Å². The minimum Gasteiger partial charge on any atom is -0.371 e. The molecule has 0 bridgehead atoms. The summed E-state index contributed by atoms with van der Waals surface area (Å²) in [5.41, 5.74) is 7.98. The quantitative estimate of drug-likeness (QED) is 0.850. The van der Waals surface area contributed by atoms with E-state index >= 15 is 0 Å². The summed E-state index contributed by atoms with van der Waals surface area (Å²) >= 11 is 0. The van der Waals surface area contributed by atoms with E-state index in [-0.39, 0.29) is 23.5 Å². The number of benzene rings is 2. The predicted molar refractivity (Wildman–Crippen MR) is 103 cm³/mol. The van der Waals surface area contributed by atoms with Crippen molar-refractivity contribution in [1.82, 2.24) is 0 Å². The van der Waals surface area contributed by atoms with E-state index < -0.39 is 23.5 Å². The Morgan fingerprint density at radius 1 is 1.14 bits per heavy atom. The van der Waals surface area contributed by atoms with Crippen LogP contribution >= 0.6 is 0 Å². The van der Waals surface area contributed by atoms with Gasteiger partial charge in [-0.15, -0.1) is 0 Å². The highest BCUT2D eigenvalue weighted by atomic mass is 19.2. The summed E-state index contributed by atoms with van der Waals surface area (Å²) < 4.78 is 28.8. The molecular formula is C21H21F2N3O2. The molecular weight excluding hydrogens is 364 g/mol. The Balaban J connectivity index is 1.88. The minimum absolute atomic E-state index is 0.0340. The second kappa shape index (κ2) is 6.89. The van der Waals surface area contributed by atoms with E-state index in [1.807, 2.05) is 0 Å². The van der Waals surface area contributed by atoms with E-state index in [1.165, 1.54) is 19.1 Å². The van der Waals surface area contributed by atoms with Gasteiger partial charge in [-0.1, -0.05) is 12.1 Å². The average Bonchev–Trinajstić information content (AvgIpc) is 3.19. The Hall–Kier alpha value is -2.96. The van der Waals surface area contributed by atoms with Gasteiger partial charge in [0.25, 0.3) is 5.91 Å². The summed E-state index contributed by atoms with van der Waals surface area (Å²) in [4.78, 5) is 26.5.